The van der Waals surface area contributed by atoms with Crippen molar-refractivity contribution in [2.75, 3.05) is 17.2 Å². The molecule has 0 unspecified atom stereocenters. The molecule has 4 nitrogen and oxygen atoms in total. The van der Waals surface area contributed by atoms with Crippen molar-refractivity contribution in [3.63, 3.8) is 0 Å². The summed E-state index contributed by atoms with van der Waals surface area (Å²) in [7, 11) is 0. The number of nitrogen functional groups attached to an aromatic ring is 1. The monoisotopic (exact) mass is 271 g/mol. The summed E-state index contributed by atoms with van der Waals surface area (Å²) >= 11 is 0. The molecule has 0 bridgehead atoms. The third-order valence-corrected chi connectivity index (χ3v) is 3.55. The molecule has 2 aromatic rings. The molecule has 1 aliphatic heterocycles. The number of halogens is 1. The molecule has 2 aromatic carbocycles. The van der Waals surface area contributed by atoms with Gasteiger partial charge in [0.1, 0.15) is 5.82 Å². The van der Waals surface area contributed by atoms with Crippen molar-refractivity contribution in [1.82, 2.24) is 0 Å². The normalized spacial score (nSPS) is 13.3. The van der Waals surface area contributed by atoms with E-state index in [2.05, 4.69) is 0 Å². The first-order chi connectivity index (χ1) is 9.56. The quantitative estimate of drug-likeness (QED) is 0.822. The van der Waals surface area contributed by atoms with Crippen LogP contribution in [0, 0.1) is 5.82 Å². The van der Waals surface area contributed by atoms with E-state index >= 15 is 0 Å². The molecule has 0 radical (unpaired) electrons. The first-order valence-electron chi connectivity index (χ1n) is 6.31. The number of carbonyl (C=O) groups is 1. The Morgan fingerprint density at radius 3 is 2.70 bits per heavy atom. The van der Waals surface area contributed by atoms with E-state index in [1.54, 1.807) is 24.3 Å². The Hall–Kier alpha value is -2.56. The van der Waals surface area contributed by atoms with Gasteiger partial charge in [0.15, 0.2) is 0 Å². The second-order valence-electron chi connectivity index (χ2n) is 4.81. The van der Waals surface area contributed by atoms with Gasteiger partial charge in [-0.25, -0.2) is 4.39 Å². The van der Waals surface area contributed by atoms with Crippen LogP contribution in [-0.4, -0.2) is 12.5 Å². The van der Waals surface area contributed by atoms with Gasteiger partial charge in [0.25, 0.3) is 0 Å². The molecule has 1 amide bonds. The third kappa shape index (κ3) is 1.97. The lowest BCUT2D eigenvalue weighted by Crippen LogP contribution is -2.17. The van der Waals surface area contributed by atoms with Gasteiger partial charge in [0.2, 0.25) is 5.91 Å². The number of rotatable bonds is 2. The standard InChI is InChI=1S/C15H14FN3O/c16-11-3-1-9-5-6-19(13(9)8-11)14-7-10(15(18)20)2-4-12(14)17/h1-4,7-8H,5-6,17H2,(H2,18,20). The van der Waals surface area contributed by atoms with Crippen molar-refractivity contribution in [2.24, 2.45) is 5.73 Å². The van der Waals surface area contributed by atoms with Crippen LogP contribution >= 0.6 is 0 Å². The number of nitrogens with two attached hydrogens (primary N) is 2. The Morgan fingerprint density at radius 2 is 1.95 bits per heavy atom. The molecule has 3 rings (SSSR count). The van der Waals surface area contributed by atoms with E-state index in [4.69, 9.17) is 11.5 Å². The fourth-order valence-corrected chi connectivity index (χ4v) is 2.53. The summed E-state index contributed by atoms with van der Waals surface area (Å²) in [6, 6.07) is 9.59. The van der Waals surface area contributed by atoms with Crippen molar-refractivity contribution < 1.29 is 9.18 Å². The second kappa shape index (κ2) is 4.52. The number of primary amides is 1. The molecule has 0 atom stereocenters. The van der Waals surface area contributed by atoms with E-state index in [0.717, 1.165) is 17.7 Å². The van der Waals surface area contributed by atoms with E-state index in [-0.39, 0.29) is 5.82 Å². The fourth-order valence-electron chi connectivity index (χ4n) is 2.53. The van der Waals surface area contributed by atoms with Crippen molar-refractivity contribution in [3.05, 3.63) is 53.3 Å². The highest BCUT2D eigenvalue weighted by Crippen LogP contribution is 2.38. The summed E-state index contributed by atoms with van der Waals surface area (Å²) in [5.74, 6) is -0.801. The molecular formula is C15H14FN3O. The molecule has 0 aromatic heterocycles. The summed E-state index contributed by atoms with van der Waals surface area (Å²) in [5, 5.41) is 0. The third-order valence-electron chi connectivity index (χ3n) is 3.55. The number of benzene rings is 2. The molecule has 0 saturated carbocycles. The maximum absolute atomic E-state index is 13.4. The number of fused-ring (bicyclic) bond motifs is 1. The minimum Gasteiger partial charge on any atom is -0.397 e. The van der Waals surface area contributed by atoms with E-state index in [1.165, 1.54) is 12.1 Å². The smallest absolute Gasteiger partial charge is 0.248 e. The molecular weight excluding hydrogens is 257 g/mol. The lowest BCUT2D eigenvalue weighted by Gasteiger charge is -2.22. The van der Waals surface area contributed by atoms with Crippen molar-refractivity contribution in [2.45, 2.75) is 6.42 Å². The minimum absolute atomic E-state index is 0.291. The van der Waals surface area contributed by atoms with Gasteiger partial charge in [-0.05, 0) is 42.3 Å². The van der Waals surface area contributed by atoms with E-state index in [0.29, 0.717) is 23.5 Å². The van der Waals surface area contributed by atoms with Crippen LogP contribution in [0.25, 0.3) is 0 Å². The number of carbonyl (C=O) groups excluding carboxylic acids is 1. The molecule has 1 heterocycles. The summed E-state index contributed by atoms with van der Waals surface area (Å²) in [6.45, 7) is 0.700. The molecule has 20 heavy (non-hydrogen) atoms. The Balaban J connectivity index is 2.10. The van der Waals surface area contributed by atoms with Crippen molar-refractivity contribution >= 4 is 23.0 Å². The number of hydrogen-bond donors (Lipinski definition) is 2. The maximum atomic E-state index is 13.4. The number of hydrogen-bond acceptors (Lipinski definition) is 3. The topological polar surface area (TPSA) is 72.3 Å². The SMILES string of the molecule is NC(=O)c1ccc(N)c(N2CCc3ccc(F)cc32)c1. The van der Waals surface area contributed by atoms with Gasteiger partial charge in [-0.2, -0.15) is 0 Å². The van der Waals surface area contributed by atoms with Crippen LogP contribution in [0.4, 0.5) is 21.5 Å². The highest BCUT2D eigenvalue weighted by molar-refractivity contribution is 5.95. The molecule has 0 aliphatic carbocycles. The zero-order valence-electron chi connectivity index (χ0n) is 10.8. The predicted octanol–water partition coefficient (Wildman–Crippen LogP) is 2.20. The number of amides is 1. The van der Waals surface area contributed by atoms with Crippen LogP contribution in [0.1, 0.15) is 15.9 Å². The number of nitrogens with zero attached hydrogens (tertiary/aromatic N) is 1. The Bertz CT molecular complexity index is 700. The predicted molar refractivity (Wildman–Crippen MR) is 76.5 cm³/mol. The Labute approximate surface area is 115 Å². The summed E-state index contributed by atoms with van der Waals surface area (Å²) in [4.78, 5) is 13.2. The van der Waals surface area contributed by atoms with Gasteiger partial charge >= 0.3 is 0 Å². The van der Waals surface area contributed by atoms with Crippen LogP contribution in [0.5, 0.6) is 0 Å². The first-order valence-corrected chi connectivity index (χ1v) is 6.31. The second-order valence-corrected chi connectivity index (χ2v) is 4.81. The van der Waals surface area contributed by atoms with Crippen molar-refractivity contribution in [1.29, 1.82) is 0 Å². The summed E-state index contributed by atoms with van der Waals surface area (Å²) in [5.41, 5.74) is 14.7. The first kappa shape index (κ1) is 12.5. The lowest BCUT2D eigenvalue weighted by atomic mass is 10.1. The molecule has 102 valence electrons. The van der Waals surface area contributed by atoms with Gasteiger partial charge in [-0.1, -0.05) is 6.07 Å². The number of anilines is 3. The fraction of sp³-hybridized carbons (Fsp3) is 0.133. The van der Waals surface area contributed by atoms with E-state index < -0.39 is 5.91 Å². The largest absolute Gasteiger partial charge is 0.397 e. The minimum atomic E-state index is -0.509. The van der Waals surface area contributed by atoms with Crippen molar-refractivity contribution in [3.8, 4) is 0 Å². The van der Waals surface area contributed by atoms with Crippen LogP contribution in [0.15, 0.2) is 36.4 Å². The highest BCUT2D eigenvalue weighted by Gasteiger charge is 2.23. The average molecular weight is 271 g/mol. The molecule has 5 heteroatoms. The maximum Gasteiger partial charge on any atom is 0.248 e. The molecule has 0 fully saturated rings. The van der Waals surface area contributed by atoms with Crippen LogP contribution < -0.4 is 16.4 Å². The lowest BCUT2D eigenvalue weighted by molar-refractivity contribution is 0.100. The average Bonchev–Trinajstić information content (AvgIpc) is 2.82. The van der Waals surface area contributed by atoms with Gasteiger partial charge in [-0.3, -0.25) is 4.79 Å². The molecule has 1 aliphatic rings. The Kier molecular flexibility index (Phi) is 2.82. The van der Waals surface area contributed by atoms with Gasteiger partial charge in [0.05, 0.1) is 11.4 Å². The molecule has 4 N–H and O–H groups in total. The van der Waals surface area contributed by atoms with Gasteiger partial charge in [0, 0.05) is 17.8 Å². The Morgan fingerprint density at radius 1 is 1.15 bits per heavy atom. The van der Waals surface area contributed by atoms with Gasteiger partial charge < -0.3 is 16.4 Å². The summed E-state index contributed by atoms with van der Waals surface area (Å²) < 4.78 is 13.4. The zero-order valence-corrected chi connectivity index (χ0v) is 10.8. The van der Waals surface area contributed by atoms with E-state index in [1.807, 2.05) is 4.90 Å². The van der Waals surface area contributed by atoms with Gasteiger partial charge in [-0.15, -0.1) is 0 Å². The van der Waals surface area contributed by atoms with Crippen LogP contribution in [0.3, 0.4) is 0 Å². The zero-order chi connectivity index (χ0) is 14.3. The highest BCUT2D eigenvalue weighted by atomic mass is 19.1. The van der Waals surface area contributed by atoms with E-state index in [9.17, 15) is 9.18 Å². The molecule has 0 saturated heterocycles. The molecule has 0 spiro atoms. The summed E-state index contributed by atoms with van der Waals surface area (Å²) in [6.07, 6.45) is 0.815. The van der Waals surface area contributed by atoms with Crippen LogP contribution in [0.2, 0.25) is 0 Å². The van der Waals surface area contributed by atoms with Crippen LogP contribution in [-0.2, 0) is 6.42 Å².